The van der Waals surface area contributed by atoms with Gasteiger partial charge in [0.25, 0.3) is 0 Å². The van der Waals surface area contributed by atoms with E-state index in [4.69, 9.17) is 4.74 Å². The van der Waals surface area contributed by atoms with Crippen molar-refractivity contribution in [3.63, 3.8) is 0 Å². The summed E-state index contributed by atoms with van der Waals surface area (Å²) in [5.74, 6) is -0.169. The second kappa shape index (κ2) is 8.24. The first-order valence-electron chi connectivity index (χ1n) is 6.86. The Balaban J connectivity index is 2.17. The predicted octanol–water partition coefficient (Wildman–Crippen LogP) is -0.308. The molecular formula is C13H25N3O3. The van der Waals surface area contributed by atoms with Crippen LogP contribution in [0, 0.1) is 0 Å². The minimum Gasteiger partial charge on any atom is -0.379 e. The quantitative estimate of drug-likeness (QED) is 0.460. The number of likely N-dealkylation sites (N-methyl/N-ethyl adjacent to an activating group) is 1. The third kappa shape index (κ3) is 5.26. The minimum atomic E-state index is -0.364. The highest BCUT2D eigenvalue weighted by Gasteiger charge is 2.37. The zero-order chi connectivity index (χ0) is 14.3. The number of ether oxygens (including phenoxy) is 1. The molecule has 110 valence electrons. The Bertz CT molecular complexity index is 308. The lowest BCUT2D eigenvalue weighted by Gasteiger charge is -2.14. The number of nitrogens with one attached hydrogen (secondary N) is 1. The summed E-state index contributed by atoms with van der Waals surface area (Å²) < 4.78 is 5.43. The van der Waals surface area contributed by atoms with E-state index in [-0.39, 0.29) is 24.3 Å². The molecule has 1 fully saturated rings. The monoisotopic (exact) mass is 271 g/mol. The normalized spacial score (nSPS) is 19.8. The molecule has 1 saturated heterocycles. The number of imide groups is 1. The molecule has 1 unspecified atom stereocenters. The highest BCUT2D eigenvalue weighted by atomic mass is 16.5. The standard InChI is InChI=1S/C13H25N3O3/c1-4-6-16-12(17)10-11(13(16)18)14-5-8-19-9-7-15(2)3/h11,14H,4-10H2,1-3H3. The van der Waals surface area contributed by atoms with E-state index in [0.717, 1.165) is 13.0 Å². The molecule has 0 aliphatic carbocycles. The van der Waals surface area contributed by atoms with Gasteiger partial charge in [0.05, 0.1) is 25.7 Å². The fourth-order valence-corrected chi connectivity index (χ4v) is 1.96. The van der Waals surface area contributed by atoms with E-state index in [1.165, 1.54) is 4.90 Å². The van der Waals surface area contributed by atoms with E-state index in [1.807, 2.05) is 21.0 Å². The molecule has 1 aliphatic rings. The Hall–Kier alpha value is -0.980. The Morgan fingerprint density at radius 2 is 2.11 bits per heavy atom. The van der Waals surface area contributed by atoms with Gasteiger partial charge in [0.15, 0.2) is 0 Å². The fourth-order valence-electron chi connectivity index (χ4n) is 1.96. The predicted molar refractivity (Wildman–Crippen MR) is 72.8 cm³/mol. The molecule has 1 atom stereocenters. The highest BCUT2D eigenvalue weighted by Crippen LogP contribution is 2.13. The van der Waals surface area contributed by atoms with Crippen molar-refractivity contribution < 1.29 is 14.3 Å². The van der Waals surface area contributed by atoms with E-state index < -0.39 is 0 Å². The van der Waals surface area contributed by atoms with Crippen LogP contribution in [0.25, 0.3) is 0 Å². The van der Waals surface area contributed by atoms with E-state index >= 15 is 0 Å². The number of hydrogen-bond acceptors (Lipinski definition) is 5. The number of hydrogen-bond donors (Lipinski definition) is 1. The van der Waals surface area contributed by atoms with Crippen LogP contribution in [0.5, 0.6) is 0 Å². The summed E-state index contributed by atoms with van der Waals surface area (Å²) >= 11 is 0. The summed E-state index contributed by atoms with van der Waals surface area (Å²) in [5.41, 5.74) is 0. The van der Waals surface area contributed by atoms with Crippen LogP contribution in [-0.4, -0.2) is 74.6 Å². The molecule has 0 bridgehead atoms. The SMILES string of the molecule is CCCN1C(=O)CC(NCCOCCN(C)C)C1=O. The van der Waals surface area contributed by atoms with Crippen LogP contribution in [-0.2, 0) is 14.3 Å². The molecule has 1 rings (SSSR count). The van der Waals surface area contributed by atoms with Gasteiger partial charge in [-0.25, -0.2) is 0 Å². The first-order chi connectivity index (χ1) is 9.06. The number of nitrogens with zero attached hydrogens (tertiary/aromatic N) is 2. The van der Waals surface area contributed by atoms with E-state index in [1.54, 1.807) is 0 Å². The number of likely N-dealkylation sites (tertiary alicyclic amines) is 1. The molecule has 0 saturated carbocycles. The van der Waals surface area contributed by atoms with Crippen molar-refractivity contribution in [2.24, 2.45) is 0 Å². The zero-order valence-corrected chi connectivity index (χ0v) is 12.1. The van der Waals surface area contributed by atoms with Gasteiger partial charge >= 0.3 is 0 Å². The van der Waals surface area contributed by atoms with Gasteiger partial charge in [-0.05, 0) is 20.5 Å². The number of amides is 2. The number of rotatable bonds is 9. The van der Waals surface area contributed by atoms with Gasteiger partial charge in [0, 0.05) is 19.6 Å². The lowest BCUT2D eigenvalue weighted by atomic mass is 10.2. The topological polar surface area (TPSA) is 61.9 Å². The van der Waals surface area contributed by atoms with Crippen LogP contribution in [0.15, 0.2) is 0 Å². The van der Waals surface area contributed by atoms with Gasteiger partial charge in [-0.15, -0.1) is 0 Å². The summed E-state index contributed by atoms with van der Waals surface area (Å²) in [4.78, 5) is 26.9. The van der Waals surface area contributed by atoms with E-state index in [0.29, 0.717) is 26.3 Å². The van der Waals surface area contributed by atoms with Crippen LogP contribution in [0.4, 0.5) is 0 Å². The third-order valence-corrected chi connectivity index (χ3v) is 3.01. The first-order valence-corrected chi connectivity index (χ1v) is 6.86. The molecule has 1 heterocycles. The second-order valence-electron chi connectivity index (χ2n) is 5.01. The number of carbonyl (C=O) groups is 2. The maximum Gasteiger partial charge on any atom is 0.246 e. The van der Waals surface area contributed by atoms with Gasteiger partial charge < -0.3 is 15.0 Å². The Morgan fingerprint density at radius 3 is 2.74 bits per heavy atom. The highest BCUT2D eigenvalue weighted by molar-refractivity contribution is 6.05. The van der Waals surface area contributed by atoms with E-state index in [2.05, 4.69) is 10.2 Å². The van der Waals surface area contributed by atoms with Crippen LogP contribution in [0.1, 0.15) is 19.8 Å². The molecule has 19 heavy (non-hydrogen) atoms. The molecule has 0 aromatic rings. The molecule has 2 amide bonds. The van der Waals surface area contributed by atoms with Gasteiger partial charge in [-0.1, -0.05) is 6.92 Å². The van der Waals surface area contributed by atoms with Gasteiger partial charge in [0.1, 0.15) is 0 Å². The Kier molecular flexibility index (Phi) is 6.97. The molecule has 6 nitrogen and oxygen atoms in total. The lowest BCUT2D eigenvalue weighted by molar-refractivity contribution is -0.138. The summed E-state index contributed by atoms with van der Waals surface area (Å²) in [6.45, 7) is 5.19. The molecule has 0 spiro atoms. The summed E-state index contributed by atoms with van der Waals surface area (Å²) in [5, 5.41) is 3.09. The second-order valence-corrected chi connectivity index (χ2v) is 5.01. The van der Waals surface area contributed by atoms with Gasteiger partial charge in [-0.3, -0.25) is 14.5 Å². The summed E-state index contributed by atoms with van der Waals surface area (Å²) in [6.07, 6.45) is 1.08. The van der Waals surface area contributed by atoms with Crippen molar-refractivity contribution in [1.82, 2.24) is 15.1 Å². The average Bonchev–Trinajstić information content (AvgIpc) is 2.61. The van der Waals surface area contributed by atoms with Crippen LogP contribution in [0.3, 0.4) is 0 Å². The van der Waals surface area contributed by atoms with Crippen LogP contribution in [0.2, 0.25) is 0 Å². The van der Waals surface area contributed by atoms with Crippen molar-refractivity contribution in [3.05, 3.63) is 0 Å². The maximum absolute atomic E-state index is 11.9. The Labute approximate surface area is 115 Å². The number of carbonyl (C=O) groups excluding carboxylic acids is 2. The smallest absolute Gasteiger partial charge is 0.246 e. The van der Waals surface area contributed by atoms with Crippen molar-refractivity contribution in [2.45, 2.75) is 25.8 Å². The van der Waals surface area contributed by atoms with Crippen molar-refractivity contribution in [1.29, 1.82) is 0 Å². The lowest BCUT2D eigenvalue weighted by Crippen LogP contribution is -2.40. The van der Waals surface area contributed by atoms with Gasteiger partial charge in [0.2, 0.25) is 11.8 Å². The van der Waals surface area contributed by atoms with Crippen LogP contribution >= 0.6 is 0 Å². The average molecular weight is 271 g/mol. The maximum atomic E-state index is 11.9. The van der Waals surface area contributed by atoms with Crippen LogP contribution < -0.4 is 5.32 Å². The van der Waals surface area contributed by atoms with Crippen molar-refractivity contribution >= 4 is 11.8 Å². The molecule has 0 aromatic carbocycles. The molecule has 6 heteroatoms. The minimum absolute atomic E-state index is 0.0714. The van der Waals surface area contributed by atoms with E-state index in [9.17, 15) is 9.59 Å². The van der Waals surface area contributed by atoms with Crippen molar-refractivity contribution in [2.75, 3.05) is 46.9 Å². The molecule has 0 aromatic heterocycles. The zero-order valence-electron chi connectivity index (χ0n) is 12.1. The molecule has 1 N–H and O–H groups in total. The molecule has 1 aliphatic heterocycles. The molecular weight excluding hydrogens is 246 g/mol. The third-order valence-electron chi connectivity index (χ3n) is 3.01. The Morgan fingerprint density at radius 1 is 1.37 bits per heavy atom. The summed E-state index contributed by atoms with van der Waals surface area (Å²) in [6, 6.07) is -0.364. The summed E-state index contributed by atoms with van der Waals surface area (Å²) in [7, 11) is 3.99. The van der Waals surface area contributed by atoms with Crippen molar-refractivity contribution in [3.8, 4) is 0 Å². The van der Waals surface area contributed by atoms with Gasteiger partial charge in [-0.2, -0.15) is 0 Å². The molecule has 0 radical (unpaired) electrons. The first kappa shape index (κ1) is 16.1. The fraction of sp³-hybridized carbons (Fsp3) is 0.846. The largest absolute Gasteiger partial charge is 0.379 e.